The SMILES string of the molecule is CCN(CC)CCOC(=O)c1cc2ccc(OC)cc2s1. The van der Waals surface area contributed by atoms with E-state index in [2.05, 4.69) is 18.7 Å². The van der Waals surface area contributed by atoms with Gasteiger partial charge in [0.2, 0.25) is 0 Å². The topological polar surface area (TPSA) is 38.8 Å². The Bertz CT molecular complexity index is 605. The lowest BCUT2D eigenvalue weighted by Crippen LogP contribution is -2.27. The molecule has 0 spiro atoms. The predicted molar refractivity (Wildman–Crippen MR) is 86.4 cm³/mol. The number of likely N-dealkylation sites (N-methyl/N-ethyl adjacent to an activating group) is 1. The molecule has 0 atom stereocenters. The Labute approximate surface area is 129 Å². The van der Waals surface area contributed by atoms with Gasteiger partial charge in [-0.15, -0.1) is 11.3 Å². The van der Waals surface area contributed by atoms with E-state index in [1.165, 1.54) is 11.3 Å². The van der Waals surface area contributed by atoms with E-state index in [0.717, 1.165) is 35.5 Å². The molecule has 0 aliphatic heterocycles. The average Bonchev–Trinajstić information content (AvgIpc) is 2.94. The first-order chi connectivity index (χ1) is 10.2. The monoisotopic (exact) mass is 307 g/mol. The van der Waals surface area contributed by atoms with Gasteiger partial charge in [-0.3, -0.25) is 0 Å². The molecule has 1 heterocycles. The fraction of sp³-hybridized carbons (Fsp3) is 0.438. The first-order valence-electron chi connectivity index (χ1n) is 7.15. The van der Waals surface area contributed by atoms with Crippen LogP contribution in [-0.4, -0.2) is 44.2 Å². The van der Waals surface area contributed by atoms with Crippen LogP contribution in [0, 0.1) is 0 Å². The number of hydrogen-bond acceptors (Lipinski definition) is 5. The van der Waals surface area contributed by atoms with Crippen LogP contribution in [-0.2, 0) is 4.74 Å². The first-order valence-corrected chi connectivity index (χ1v) is 7.96. The van der Waals surface area contributed by atoms with Crippen molar-refractivity contribution in [1.82, 2.24) is 4.90 Å². The molecular weight excluding hydrogens is 286 g/mol. The Balaban J connectivity index is 1.99. The Morgan fingerprint density at radius 2 is 2.00 bits per heavy atom. The maximum absolute atomic E-state index is 12.1. The lowest BCUT2D eigenvalue weighted by molar-refractivity contribution is 0.0472. The largest absolute Gasteiger partial charge is 0.497 e. The fourth-order valence-corrected chi connectivity index (χ4v) is 3.10. The molecule has 0 bridgehead atoms. The number of fused-ring (bicyclic) bond motifs is 1. The van der Waals surface area contributed by atoms with Crippen molar-refractivity contribution >= 4 is 27.4 Å². The zero-order valence-electron chi connectivity index (χ0n) is 12.7. The summed E-state index contributed by atoms with van der Waals surface area (Å²) in [6, 6.07) is 7.66. The summed E-state index contributed by atoms with van der Waals surface area (Å²) in [5, 5.41) is 1.04. The third-order valence-corrected chi connectivity index (χ3v) is 4.54. The van der Waals surface area contributed by atoms with E-state index in [9.17, 15) is 4.79 Å². The van der Waals surface area contributed by atoms with Gasteiger partial charge in [0.05, 0.1) is 7.11 Å². The number of carbonyl (C=O) groups is 1. The lowest BCUT2D eigenvalue weighted by Gasteiger charge is -2.17. The van der Waals surface area contributed by atoms with E-state index in [0.29, 0.717) is 11.5 Å². The third kappa shape index (κ3) is 3.95. The number of hydrogen-bond donors (Lipinski definition) is 0. The molecule has 1 aromatic heterocycles. The molecule has 0 amide bonds. The molecule has 0 saturated carbocycles. The number of thiophene rings is 1. The average molecular weight is 307 g/mol. The van der Waals surface area contributed by atoms with Crippen LogP contribution in [0.4, 0.5) is 0 Å². The summed E-state index contributed by atoms with van der Waals surface area (Å²) in [5.41, 5.74) is 0. The molecule has 0 radical (unpaired) electrons. The number of esters is 1. The third-order valence-electron chi connectivity index (χ3n) is 3.46. The minimum atomic E-state index is -0.248. The molecule has 2 aromatic rings. The zero-order chi connectivity index (χ0) is 15.2. The molecule has 0 fully saturated rings. The minimum Gasteiger partial charge on any atom is -0.497 e. The molecule has 114 valence electrons. The highest BCUT2D eigenvalue weighted by Crippen LogP contribution is 2.29. The van der Waals surface area contributed by atoms with Gasteiger partial charge in [-0.2, -0.15) is 0 Å². The highest BCUT2D eigenvalue weighted by molar-refractivity contribution is 7.20. The van der Waals surface area contributed by atoms with Crippen molar-refractivity contribution in [1.29, 1.82) is 0 Å². The van der Waals surface area contributed by atoms with E-state index in [1.54, 1.807) is 7.11 Å². The van der Waals surface area contributed by atoms with E-state index in [4.69, 9.17) is 9.47 Å². The van der Waals surface area contributed by atoms with Crippen LogP contribution in [0.5, 0.6) is 5.75 Å². The Hall–Kier alpha value is -1.59. The second-order valence-corrected chi connectivity index (χ2v) is 5.76. The van der Waals surface area contributed by atoms with Gasteiger partial charge in [0, 0.05) is 11.2 Å². The lowest BCUT2D eigenvalue weighted by atomic mass is 10.2. The molecule has 1 aromatic carbocycles. The summed E-state index contributed by atoms with van der Waals surface area (Å²) in [6.45, 7) is 7.35. The maximum atomic E-state index is 12.1. The fourth-order valence-electron chi connectivity index (χ4n) is 2.12. The Morgan fingerprint density at radius 1 is 1.24 bits per heavy atom. The van der Waals surface area contributed by atoms with Crippen LogP contribution in [0.3, 0.4) is 0 Å². The minimum absolute atomic E-state index is 0.248. The summed E-state index contributed by atoms with van der Waals surface area (Å²) in [7, 11) is 1.64. The number of ether oxygens (including phenoxy) is 2. The van der Waals surface area contributed by atoms with Crippen molar-refractivity contribution in [2.75, 3.05) is 33.4 Å². The molecule has 0 unspecified atom stereocenters. The van der Waals surface area contributed by atoms with Gasteiger partial charge in [0.25, 0.3) is 0 Å². The van der Waals surface area contributed by atoms with Crippen molar-refractivity contribution in [2.24, 2.45) is 0 Å². The zero-order valence-corrected chi connectivity index (χ0v) is 13.5. The van der Waals surface area contributed by atoms with Crippen LogP contribution in [0.15, 0.2) is 24.3 Å². The first kappa shape index (κ1) is 15.8. The summed E-state index contributed by atoms with van der Waals surface area (Å²) in [5.74, 6) is 0.549. The number of benzene rings is 1. The van der Waals surface area contributed by atoms with E-state index in [1.807, 2.05) is 24.3 Å². The van der Waals surface area contributed by atoms with Crippen LogP contribution in [0.25, 0.3) is 10.1 Å². The number of rotatable bonds is 7. The maximum Gasteiger partial charge on any atom is 0.348 e. The highest BCUT2D eigenvalue weighted by atomic mass is 32.1. The molecular formula is C16H21NO3S. The molecule has 0 aliphatic carbocycles. The quantitative estimate of drug-likeness (QED) is 0.735. The molecule has 2 rings (SSSR count). The van der Waals surface area contributed by atoms with Crippen molar-refractivity contribution in [3.8, 4) is 5.75 Å². The molecule has 0 N–H and O–H groups in total. The van der Waals surface area contributed by atoms with Crippen LogP contribution < -0.4 is 4.74 Å². The second-order valence-electron chi connectivity index (χ2n) is 4.68. The van der Waals surface area contributed by atoms with Crippen LogP contribution in [0.1, 0.15) is 23.5 Å². The normalized spacial score (nSPS) is 11.0. The van der Waals surface area contributed by atoms with Gasteiger partial charge in [0.1, 0.15) is 17.2 Å². The van der Waals surface area contributed by atoms with Gasteiger partial charge >= 0.3 is 5.97 Å². The van der Waals surface area contributed by atoms with Crippen molar-refractivity contribution in [2.45, 2.75) is 13.8 Å². The summed E-state index contributed by atoms with van der Waals surface area (Å²) >= 11 is 1.44. The van der Waals surface area contributed by atoms with Crippen molar-refractivity contribution in [3.05, 3.63) is 29.1 Å². The van der Waals surface area contributed by atoms with Crippen molar-refractivity contribution < 1.29 is 14.3 Å². The van der Waals surface area contributed by atoms with Crippen LogP contribution >= 0.6 is 11.3 Å². The number of methoxy groups -OCH3 is 1. The smallest absolute Gasteiger partial charge is 0.348 e. The summed E-state index contributed by atoms with van der Waals surface area (Å²) in [4.78, 5) is 14.9. The standard InChI is InChI=1S/C16H21NO3S/c1-4-17(5-2)8-9-20-16(18)15-10-12-6-7-13(19-3)11-14(12)21-15/h6-7,10-11H,4-5,8-9H2,1-3H3. The highest BCUT2D eigenvalue weighted by Gasteiger charge is 2.12. The molecule has 5 heteroatoms. The molecule has 0 aliphatic rings. The Kier molecular flexibility index (Phi) is 5.59. The van der Waals surface area contributed by atoms with Gasteiger partial charge in [-0.25, -0.2) is 4.79 Å². The van der Waals surface area contributed by atoms with Gasteiger partial charge in [0.15, 0.2) is 0 Å². The molecule has 0 saturated heterocycles. The van der Waals surface area contributed by atoms with Gasteiger partial charge in [-0.05, 0) is 42.7 Å². The Morgan fingerprint density at radius 3 is 2.67 bits per heavy atom. The van der Waals surface area contributed by atoms with E-state index in [-0.39, 0.29) is 5.97 Å². The van der Waals surface area contributed by atoms with E-state index < -0.39 is 0 Å². The second kappa shape index (κ2) is 7.43. The molecule has 21 heavy (non-hydrogen) atoms. The van der Waals surface area contributed by atoms with E-state index >= 15 is 0 Å². The molecule has 4 nitrogen and oxygen atoms in total. The number of carbonyl (C=O) groups excluding carboxylic acids is 1. The number of nitrogens with zero attached hydrogens (tertiary/aromatic N) is 1. The van der Waals surface area contributed by atoms with Crippen LogP contribution in [0.2, 0.25) is 0 Å². The van der Waals surface area contributed by atoms with Crippen molar-refractivity contribution in [3.63, 3.8) is 0 Å². The summed E-state index contributed by atoms with van der Waals surface area (Å²) in [6.07, 6.45) is 0. The van der Waals surface area contributed by atoms with Gasteiger partial charge < -0.3 is 14.4 Å². The predicted octanol–water partition coefficient (Wildman–Crippen LogP) is 3.41. The van der Waals surface area contributed by atoms with Gasteiger partial charge in [-0.1, -0.05) is 13.8 Å². The summed E-state index contributed by atoms with van der Waals surface area (Å²) < 4.78 is 11.6.